The molecule has 1 aromatic carbocycles. The first-order valence-electron chi connectivity index (χ1n) is 14.1. The third-order valence-electron chi connectivity index (χ3n) is 7.88. The number of H-pyrrole nitrogens is 1. The predicted octanol–water partition coefficient (Wildman–Crippen LogP) is 3.71. The quantitative estimate of drug-likeness (QED) is 0.355. The second-order valence-corrected chi connectivity index (χ2v) is 11.9. The number of benzene rings is 1. The zero-order chi connectivity index (χ0) is 29.6. The van der Waals surface area contributed by atoms with Gasteiger partial charge in [-0.15, -0.1) is 0 Å². The Hall–Kier alpha value is -4.55. The number of urea groups is 1. The van der Waals surface area contributed by atoms with Gasteiger partial charge in [-0.2, -0.15) is 10.1 Å². The number of hydrogen-bond acceptors (Lipinski definition) is 8. The topological polar surface area (TPSA) is 136 Å². The lowest BCUT2D eigenvalue weighted by Crippen LogP contribution is -2.52. The van der Waals surface area contributed by atoms with E-state index in [0.717, 1.165) is 49.2 Å². The van der Waals surface area contributed by atoms with Crippen LogP contribution in [0.25, 0.3) is 22.2 Å². The van der Waals surface area contributed by atoms with Crippen LogP contribution in [0, 0.1) is 5.82 Å². The summed E-state index contributed by atoms with van der Waals surface area (Å²) in [5.74, 6) is -0.00876. The Morgan fingerprint density at radius 1 is 1.21 bits per heavy atom. The predicted molar refractivity (Wildman–Crippen MR) is 153 cm³/mol. The molecule has 2 N–H and O–H groups in total. The number of anilines is 1. The fourth-order valence-electron chi connectivity index (χ4n) is 5.55. The van der Waals surface area contributed by atoms with E-state index in [1.165, 1.54) is 6.07 Å². The minimum absolute atomic E-state index is 0.0351. The van der Waals surface area contributed by atoms with Crippen LogP contribution < -0.4 is 10.2 Å². The molecular weight excluding hydrogens is 541 g/mol. The van der Waals surface area contributed by atoms with E-state index >= 15 is 4.39 Å². The molecule has 13 heteroatoms. The summed E-state index contributed by atoms with van der Waals surface area (Å²) >= 11 is 0. The number of pyridine rings is 1. The number of carbonyl (C=O) groups excluding carboxylic acids is 2. The Kier molecular flexibility index (Phi) is 7.03. The monoisotopic (exact) mass is 575 g/mol. The van der Waals surface area contributed by atoms with Crippen molar-refractivity contribution in [3.05, 3.63) is 53.6 Å². The summed E-state index contributed by atoms with van der Waals surface area (Å²) in [4.78, 5) is 39.8. The Bertz CT molecular complexity index is 1640. The maximum atomic E-state index is 15.3. The van der Waals surface area contributed by atoms with Gasteiger partial charge in [0, 0.05) is 56.9 Å². The van der Waals surface area contributed by atoms with Gasteiger partial charge in [-0.1, -0.05) is 38.1 Å². The van der Waals surface area contributed by atoms with Crippen molar-refractivity contribution in [2.45, 2.75) is 51.6 Å². The largest absolute Gasteiger partial charge is 0.352 e. The Labute approximate surface area is 242 Å². The van der Waals surface area contributed by atoms with Crippen LogP contribution in [0.3, 0.4) is 0 Å². The molecule has 2 aliphatic heterocycles. The van der Waals surface area contributed by atoms with Crippen molar-refractivity contribution in [2.75, 3.05) is 38.1 Å². The van der Waals surface area contributed by atoms with Gasteiger partial charge in [-0.25, -0.2) is 14.2 Å². The molecule has 0 radical (unpaired) electrons. The first kappa shape index (κ1) is 27.6. The average Bonchev–Trinajstić information content (AvgIpc) is 3.73. The Morgan fingerprint density at radius 2 is 2.05 bits per heavy atom. The molecule has 0 spiro atoms. The third-order valence-corrected chi connectivity index (χ3v) is 7.88. The van der Waals surface area contributed by atoms with Crippen molar-refractivity contribution >= 4 is 28.8 Å². The fraction of sp³-hybridized carbons (Fsp3) is 0.448. The first-order valence-corrected chi connectivity index (χ1v) is 14.1. The van der Waals surface area contributed by atoms with Gasteiger partial charge >= 0.3 is 6.03 Å². The van der Waals surface area contributed by atoms with Gasteiger partial charge in [-0.05, 0) is 36.1 Å². The van der Waals surface area contributed by atoms with E-state index in [4.69, 9.17) is 4.52 Å². The lowest BCUT2D eigenvalue weighted by molar-refractivity contribution is 0.0937. The molecule has 2 aliphatic rings. The van der Waals surface area contributed by atoms with Crippen molar-refractivity contribution in [3.63, 3.8) is 0 Å². The van der Waals surface area contributed by atoms with E-state index in [0.29, 0.717) is 29.2 Å². The first-order chi connectivity index (χ1) is 20.1. The van der Waals surface area contributed by atoms with Crippen LogP contribution in [0.5, 0.6) is 0 Å². The molecule has 12 nitrogen and oxygen atoms in total. The lowest BCUT2D eigenvalue weighted by Gasteiger charge is -2.37. The van der Waals surface area contributed by atoms with E-state index in [1.807, 2.05) is 44.9 Å². The molecular formula is C29H34FN9O3. The van der Waals surface area contributed by atoms with Gasteiger partial charge in [0.05, 0.1) is 11.4 Å². The SMILES string of the molecule is CN1CCCN([C@@H]2CCN(c3n[nH]c4nccc(-c5ccc(CNC(=O)c6noc(C(C)(C)C)n6)c(F)c5)c34)C2)C1=O. The number of fused-ring (bicyclic) bond motifs is 1. The van der Waals surface area contributed by atoms with Gasteiger partial charge in [0.1, 0.15) is 5.82 Å². The molecule has 42 heavy (non-hydrogen) atoms. The number of aromatic amines is 1. The molecule has 0 saturated carbocycles. The maximum Gasteiger partial charge on any atom is 0.320 e. The Balaban J connectivity index is 1.20. The second-order valence-electron chi connectivity index (χ2n) is 11.9. The fourth-order valence-corrected chi connectivity index (χ4v) is 5.55. The molecule has 0 aliphatic carbocycles. The molecule has 5 heterocycles. The van der Waals surface area contributed by atoms with Crippen molar-refractivity contribution < 1.29 is 18.5 Å². The molecule has 3 amide bonds. The van der Waals surface area contributed by atoms with Crippen LogP contribution in [0.2, 0.25) is 0 Å². The minimum atomic E-state index is -0.543. The summed E-state index contributed by atoms with van der Waals surface area (Å²) in [5.41, 5.74) is 1.99. The van der Waals surface area contributed by atoms with Crippen molar-refractivity contribution in [3.8, 4) is 11.1 Å². The average molecular weight is 576 g/mol. The molecule has 4 aromatic rings. The van der Waals surface area contributed by atoms with Crippen LogP contribution in [-0.2, 0) is 12.0 Å². The highest BCUT2D eigenvalue weighted by molar-refractivity contribution is 6.00. The summed E-state index contributed by atoms with van der Waals surface area (Å²) in [5, 5.41) is 14.8. The maximum absolute atomic E-state index is 15.3. The normalized spacial score (nSPS) is 17.9. The van der Waals surface area contributed by atoms with Gasteiger partial charge in [0.25, 0.3) is 11.7 Å². The zero-order valence-electron chi connectivity index (χ0n) is 24.1. The summed E-state index contributed by atoms with van der Waals surface area (Å²) in [6.07, 6.45) is 3.47. The number of aromatic nitrogens is 5. The molecule has 2 fully saturated rings. The van der Waals surface area contributed by atoms with Crippen LogP contribution in [0.4, 0.5) is 15.0 Å². The van der Waals surface area contributed by atoms with E-state index in [9.17, 15) is 9.59 Å². The van der Waals surface area contributed by atoms with Gasteiger partial charge in [0.15, 0.2) is 11.5 Å². The molecule has 0 unspecified atom stereocenters. The van der Waals surface area contributed by atoms with Gasteiger partial charge in [0.2, 0.25) is 5.89 Å². The second kappa shape index (κ2) is 10.7. The number of rotatable bonds is 6. The van der Waals surface area contributed by atoms with Crippen molar-refractivity contribution in [2.24, 2.45) is 0 Å². The summed E-state index contributed by atoms with van der Waals surface area (Å²) in [7, 11) is 1.84. The van der Waals surface area contributed by atoms with Gasteiger partial charge in [-0.3, -0.25) is 9.89 Å². The molecule has 2 saturated heterocycles. The number of hydrogen-bond donors (Lipinski definition) is 2. The highest BCUT2D eigenvalue weighted by Crippen LogP contribution is 2.36. The minimum Gasteiger partial charge on any atom is -0.352 e. The smallest absolute Gasteiger partial charge is 0.320 e. The van der Waals surface area contributed by atoms with E-state index in [-0.39, 0.29) is 29.9 Å². The number of carbonyl (C=O) groups is 2. The summed E-state index contributed by atoms with van der Waals surface area (Å²) in [6.45, 7) is 8.63. The van der Waals surface area contributed by atoms with E-state index < -0.39 is 11.7 Å². The van der Waals surface area contributed by atoms with Crippen LogP contribution >= 0.6 is 0 Å². The molecule has 1 atom stereocenters. The number of nitrogens with zero attached hydrogens (tertiary/aromatic N) is 7. The Morgan fingerprint density at radius 3 is 2.81 bits per heavy atom. The molecule has 6 rings (SSSR count). The van der Waals surface area contributed by atoms with Crippen LogP contribution in [0.1, 0.15) is 55.7 Å². The van der Waals surface area contributed by atoms with Crippen molar-refractivity contribution in [1.29, 1.82) is 0 Å². The lowest BCUT2D eigenvalue weighted by atomic mass is 9.97. The van der Waals surface area contributed by atoms with E-state index in [2.05, 4.69) is 35.5 Å². The van der Waals surface area contributed by atoms with Crippen molar-refractivity contribution in [1.82, 2.24) is 40.4 Å². The molecule has 220 valence electrons. The van der Waals surface area contributed by atoms with Crippen LogP contribution in [-0.4, -0.2) is 86.3 Å². The highest BCUT2D eigenvalue weighted by Gasteiger charge is 2.35. The number of nitrogens with one attached hydrogen (secondary N) is 2. The van der Waals surface area contributed by atoms with Crippen LogP contribution in [0.15, 0.2) is 35.0 Å². The highest BCUT2D eigenvalue weighted by atomic mass is 19.1. The molecule has 3 aromatic heterocycles. The third kappa shape index (κ3) is 5.14. The van der Waals surface area contributed by atoms with Gasteiger partial charge < -0.3 is 24.5 Å². The summed E-state index contributed by atoms with van der Waals surface area (Å²) in [6, 6.07) is 6.94. The molecule has 0 bridgehead atoms. The van der Waals surface area contributed by atoms with E-state index in [1.54, 1.807) is 17.2 Å². The number of halogens is 1. The summed E-state index contributed by atoms with van der Waals surface area (Å²) < 4.78 is 20.5. The zero-order valence-corrected chi connectivity index (χ0v) is 24.1. The standard InChI is InChI=1S/C29H34FN9O3/c1-29(2,3)27-33-24(36-42-27)26(40)32-15-18-7-6-17(14-21(18)30)20-8-10-31-23-22(20)25(35-34-23)38-13-9-19(16-38)39-12-5-11-37(4)28(39)41/h6-8,10,14,19H,5,9,11-13,15-16H2,1-4H3,(H,32,40)(H,31,34,35)/t19-/m1/s1. The number of amides is 3.